The van der Waals surface area contributed by atoms with Gasteiger partial charge in [0.15, 0.2) is 0 Å². The second-order valence-electron chi connectivity index (χ2n) is 10.8. The van der Waals surface area contributed by atoms with E-state index in [-0.39, 0.29) is 6.04 Å². The number of benzene rings is 2. The maximum atomic E-state index is 5.79. The van der Waals surface area contributed by atoms with E-state index in [4.69, 9.17) is 35.3 Å². The number of amidine groups is 2. The number of hydrogen-bond acceptors (Lipinski definition) is 8. The Morgan fingerprint density at radius 2 is 1.43 bits per heavy atom. The first kappa shape index (κ1) is 40.0. The van der Waals surface area contributed by atoms with E-state index in [1.54, 1.807) is 0 Å². The number of hydrogen-bond donors (Lipinski definition) is 1. The van der Waals surface area contributed by atoms with Gasteiger partial charge in [-0.15, -0.1) is 11.6 Å². The van der Waals surface area contributed by atoms with Crippen LogP contribution in [-0.4, -0.2) is 62.6 Å². The monoisotopic (exact) mass is 694 g/mol. The third kappa shape index (κ3) is 11.8. The zero-order valence-electron chi connectivity index (χ0n) is 29.0. The number of nitrogens with one attached hydrogen (secondary N) is 1. The lowest BCUT2D eigenvalue weighted by molar-refractivity contribution is 0.240. The van der Waals surface area contributed by atoms with Crippen LogP contribution in [0.3, 0.4) is 0 Å². The Morgan fingerprint density at radius 3 is 2.02 bits per heavy atom. The highest BCUT2D eigenvalue weighted by atomic mass is 35.5. The van der Waals surface area contributed by atoms with Crippen molar-refractivity contribution in [1.29, 1.82) is 0 Å². The summed E-state index contributed by atoms with van der Waals surface area (Å²) < 4.78 is 24.6. The summed E-state index contributed by atoms with van der Waals surface area (Å²) in [7, 11) is 0. The number of ether oxygens (including phenoxy) is 2. The van der Waals surface area contributed by atoms with Gasteiger partial charge in [-0.3, -0.25) is 4.67 Å². The number of aryl methyl sites for hydroxylation is 2. The molecule has 258 valence electrons. The summed E-state index contributed by atoms with van der Waals surface area (Å²) in [6.45, 7) is 13.6. The minimum Gasteiger partial charge on any atom is -0.463 e. The Labute approximate surface area is 288 Å². The predicted molar refractivity (Wildman–Crippen MR) is 198 cm³/mol. The van der Waals surface area contributed by atoms with Gasteiger partial charge in [-0.25, -0.2) is 9.98 Å². The van der Waals surface area contributed by atoms with Crippen LogP contribution in [0, 0.1) is 0 Å². The van der Waals surface area contributed by atoms with Crippen LogP contribution in [0.25, 0.3) is 0 Å². The second kappa shape index (κ2) is 22.4. The van der Waals surface area contributed by atoms with Crippen molar-refractivity contribution in [3.8, 4) is 0 Å². The molecule has 2 aliphatic heterocycles. The molecular weight excluding hydrogens is 639 g/mol. The fourth-order valence-electron chi connectivity index (χ4n) is 5.31. The van der Waals surface area contributed by atoms with Crippen LogP contribution in [0.1, 0.15) is 102 Å². The number of aliphatic imine (C=N–C) groups is 2. The lowest BCUT2D eigenvalue weighted by Crippen LogP contribution is -2.27. The van der Waals surface area contributed by atoms with Crippen LogP contribution in [0.15, 0.2) is 58.5 Å². The van der Waals surface area contributed by atoms with Crippen LogP contribution < -0.4 is 5.32 Å². The van der Waals surface area contributed by atoms with E-state index in [1.807, 2.05) is 18.5 Å². The van der Waals surface area contributed by atoms with Crippen molar-refractivity contribution in [2.24, 2.45) is 9.98 Å². The Hall–Kier alpha value is -2.16. The molecule has 0 spiro atoms. The first-order valence-electron chi connectivity index (χ1n) is 16.8. The van der Waals surface area contributed by atoms with E-state index in [0.717, 1.165) is 44.9 Å². The topological polar surface area (TPSA) is 76.9 Å². The van der Waals surface area contributed by atoms with Crippen molar-refractivity contribution in [2.45, 2.75) is 92.2 Å². The summed E-state index contributed by atoms with van der Waals surface area (Å²) in [4.78, 5) is 9.11. The molecule has 8 nitrogen and oxygen atoms in total. The fraction of sp³-hybridized carbons (Fsp3) is 0.600. The largest absolute Gasteiger partial charge is 0.463 e. The molecule has 46 heavy (non-hydrogen) atoms. The van der Waals surface area contributed by atoms with Crippen molar-refractivity contribution in [2.75, 3.05) is 45.9 Å². The number of halogens is 1. The van der Waals surface area contributed by atoms with E-state index in [1.165, 1.54) is 41.5 Å². The zero-order chi connectivity index (χ0) is 33.8. The van der Waals surface area contributed by atoms with Gasteiger partial charge in [-0.2, -0.15) is 0 Å². The average Bonchev–Trinajstić information content (AvgIpc) is 3.89. The molecule has 1 saturated heterocycles. The van der Waals surface area contributed by atoms with Gasteiger partial charge in [0.2, 0.25) is 0 Å². The summed E-state index contributed by atoms with van der Waals surface area (Å²) in [6, 6.07) is 18.9. The molecule has 2 aromatic carbocycles. The molecule has 6 rings (SSSR count). The predicted octanol–water partition coefficient (Wildman–Crippen LogP) is 9.00. The molecule has 2 aromatic rings. The van der Waals surface area contributed by atoms with Gasteiger partial charge < -0.3 is 23.8 Å². The molecule has 0 radical (unpaired) electrons. The molecule has 1 fully saturated rings. The Morgan fingerprint density at radius 1 is 0.870 bits per heavy atom. The molecule has 2 unspecified atom stereocenters. The first-order chi connectivity index (χ1) is 22.4. The maximum Gasteiger partial charge on any atom is 0.295 e. The van der Waals surface area contributed by atoms with Crippen molar-refractivity contribution in [1.82, 2.24) is 9.99 Å². The SMILES string of the molecule is CCC.CCC.CCOP(=S)(OCC)N1CCOC1=NC1CCc2ccccc21.CCl.c1ccc2c(c1)CCC2NC1=NCCO1. The highest BCUT2D eigenvalue weighted by molar-refractivity contribution is 8.09. The van der Waals surface area contributed by atoms with Crippen LogP contribution >= 0.6 is 18.2 Å². The highest BCUT2D eigenvalue weighted by Gasteiger charge is 2.37. The fourth-order valence-corrected chi connectivity index (χ4v) is 8.05. The standard InChI is InChI=1S/C16H23N2O3PS.C12H14N2O.2C3H8.CH3Cl/c1-3-20-22(23,21-4-2)18-11-12-19-16(18)17-15-10-9-13-7-5-6-8-14(13)15;1-2-4-10-9(3-1)5-6-11(10)14-12-13-7-8-15-12;2*1-3-2;1-2/h5-8,15H,3-4,9-12H2,1-2H3;1-4,11H,5-8H2,(H,13,14);2*3H2,1-2H3;1H3. The quantitative estimate of drug-likeness (QED) is 0.229. The molecule has 0 aromatic heterocycles. The van der Waals surface area contributed by atoms with Gasteiger partial charge in [0.25, 0.3) is 18.7 Å². The molecule has 1 N–H and O–H groups in total. The Balaban J connectivity index is 0.000000274. The van der Waals surface area contributed by atoms with Crippen molar-refractivity contribution >= 4 is 42.1 Å². The molecule has 0 bridgehead atoms. The van der Waals surface area contributed by atoms with E-state index >= 15 is 0 Å². The molecule has 0 saturated carbocycles. The number of fused-ring (bicyclic) bond motifs is 2. The van der Waals surface area contributed by atoms with Crippen LogP contribution in [0.4, 0.5) is 0 Å². The molecule has 11 heteroatoms. The lowest BCUT2D eigenvalue weighted by atomic mass is 10.1. The third-order valence-corrected chi connectivity index (χ3v) is 10.4. The summed E-state index contributed by atoms with van der Waals surface area (Å²) in [6.07, 6.45) is 8.33. The summed E-state index contributed by atoms with van der Waals surface area (Å²) in [5.41, 5.74) is 5.52. The molecule has 0 amide bonds. The Bertz CT molecular complexity index is 1250. The summed E-state index contributed by atoms with van der Waals surface area (Å²) in [5.74, 6) is 0. The van der Waals surface area contributed by atoms with Crippen LogP contribution in [0.5, 0.6) is 0 Å². The van der Waals surface area contributed by atoms with E-state index in [0.29, 0.717) is 38.4 Å². The molecular formula is C35H56ClN4O4PS. The minimum atomic E-state index is -2.55. The third-order valence-electron chi connectivity index (χ3n) is 7.02. The smallest absolute Gasteiger partial charge is 0.295 e. The van der Waals surface area contributed by atoms with Gasteiger partial charge in [-0.1, -0.05) is 89.1 Å². The van der Waals surface area contributed by atoms with Gasteiger partial charge in [0.05, 0.1) is 38.4 Å². The summed E-state index contributed by atoms with van der Waals surface area (Å²) >= 11 is 10.3. The van der Waals surface area contributed by atoms with Gasteiger partial charge in [0.1, 0.15) is 13.2 Å². The van der Waals surface area contributed by atoms with E-state index < -0.39 is 6.64 Å². The lowest BCUT2D eigenvalue weighted by Gasteiger charge is -2.29. The van der Waals surface area contributed by atoms with Gasteiger partial charge in [0, 0.05) is 6.38 Å². The summed E-state index contributed by atoms with van der Waals surface area (Å²) in [5, 5.41) is 3.36. The molecule has 2 aliphatic carbocycles. The van der Waals surface area contributed by atoms with Crippen LogP contribution in [0.2, 0.25) is 0 Å². The first-order valence-corrected chi connectivity index (χ1v) is 20.1. The maximum absolute atomic E-state index is 5.79. The Kier molecular flexibility index (Phi) is 19.5. The zero-order valence-corrected chi connectivity index (χ0v) is 31.4. The van der Waals surface area contributed by atoms with Crippen molar-refractivity contribution in [3.05, 3.63) is 70.8 Å². The number of alkyl halides is 1. The average molecular weight is 695 g/mol. The number of rotatable bonds is 7. The van der Waals surface area contributed by atoms with E-state index in [2.05, 4.69) is 98.1 Å². The van der Waals surface area contributed by atoms with Crippen LogP contribution in [-0.2, 0) is 43.2 Å². The molecule has 2 heterocycles. The normalized spacial score (nSPS) is 19.7. The van der Waals surface area contributed by atoms with Crippen molar-refractivity contribution in [3.63, 3.8) is 0 Å². The van der Waals surface area contributed by atoms with Gasteiger partial charge in [-0.05, 0) is 73.6 Å². The molecule has 4 aliphatic rings. The highest BCUT2D eigenvalue weighted by Crippen LogP contribution is 2.54. The minimum absolute atomic E-state index is 0.133. The van der Waals surface area contributed by atoms with Gasteiger partial charge >= 0.3 is 0 Å². The van der Waals surface area contributed by atoms with Crippen molar-refractivity contribution < 1.29 is 18.5 Å². The number of nitrogens with zero attached hydrogens (tertiary/aromatic N) is 3. The molecule has 2 atom stereocenters. The van der Waals surface area contributed by atoms with E-state index in [9.17, 15) is 0 Å². The second-order valence-corrected chi connectivity index (χ2v) is 14.1.